The third-order valence-electron chi connectivity index (χ3n) is 4.72. The van der Waals surface area contributed by atoms with Gasteiger partial charge in [-0.15, -0.1) is 0 Å². The highest BCUT2D eigenvalue weighted by atomic mass is 35.5. The summed E-state index contributed by atoms with van der Waals surface area (Å²) < 4.78 is 5.78. The average molecular weight is 500 g/mol. The first-order valence-electron chi connectivity index (χ1n) is 10.5. The molecule has 0 saturated carbocycles. The number of hydrazine groups is 1. The van der Waals surface area contributed by atoms with E-state index in [0.717, 1.165) is 5.56 Å². The van der Waals surface area contributed by atoms with Crippen molar-refractivity contribution in [3.05, 3.63) is 94.0 Å². The second kappa shape index (κ2) is 12.6. The van der Waals surface area contributed by atoms with E-state index in [1.54, 1.807) is 36.4 Å². The van der Waals surface area contributed by atoms with Crippen molar-refractivity contribution >= 4 is 46.6 Å². The van der Waals surface area contributed by atoms with E-state index in [2.05, 4.69) is 16.2 Å². The van der Waals surface area contributed by atoms with Gasteiger partial charge in [-0.25, -0.2) is 0 Å². The Bertz CT molecular complexity index is 1160. The Morgan fingerprint density at radius 2 is 1.50 bits per heavy atom. The van der Waals surface area contributed by atoms with Crippen molar-refractivity contribution in [1.82, 2.24) is 10.9 Å². The molecule has 0 fully saturated rings. The van der Waals surface area contributed by atoms with Crippen LogP contribution >= 0.6 is 23.2 Å². The van der Waals surface area contributed by atoms with E-state index in [-0.39, 0.29) is 18.4 Å². The summed E-state index contributed by atoms with van der Waals surface area (Å²) in [5.74, 6) is -1.04. The van der Waals surface area contributed by atoms with Gasteiger partial charge in [0.2, 0.25) is 11.8 Å². The molecule has 0 unspecified atom stereocenters. The summed E-state index contributed by atoms with van der Waals surface area (Å²) in [5.41, 5.74) is 6.47. The van der Waals surface area contributed by atoms with Gasteiger partial charge in [-0.3, -0.25) is 25.2 Å². The maximum atomic E-state index is 12.5. The normalized spacial score (nSPS) is 10.3. The minimum atomic E-state index is -0.527. The monoisotopic (exact) mass is 499 g/mol. The number of hydrogen-bond acceptors (Lipinski definition) is 4. The molecular formula is C25H23Cl2N3O4. The molecule has 3 aromatic rings. The van der Waals surface area contributed by atoms with Gasteiger partial charge in [0.25, 0.3) is 5.91 Å². The number of hydrogen-bond donors (Lipinski definition) is 3. The number of anilines is 1. The van der Waals surface area contributed by atoms with Gasteiger partial charge in [0, 0.05) is 24.3 Å². The predicted molar refractivity (Wildman–Crippen MR) is 132 cm³/mol. The van der Waals surface area contributed by atoms with Crippen LogP contribution < -0.4 is 20.9 Å². The number of halogens is 2. The van der Waals surface area contributed by atoms with Crippen LogP contribution in [-0.4, -0.2) is 24.3 Å². The minimum absolute atomic E-state index is 0.0974. The molecule has 3 aromatic carbocycles. The van der Waals surface area contributed by atoms with Crippen LogP contribution in [-0.2, 0) is 16.0 Å². The number of benzene rings is 3. The maximum absolute atomic E-state index is 12.5. The molecule has 0 atom stereocenters. The molecule has 34 heavy (non-hydrogen) atoms. The first-order chi connectivity index (χ1) is 16.4. The van der Waals surface area contributed by atoms with Gasteiger partial charge >= 0.3 is 0 Å². The Morgan fingerprint density at radius 1 is 0.794 bits per heavy atom. The highest BCUT2D eigenvalue weighted by molar-refractivity contribution is 6.36. The Balaban J connectivity index is 1.44. The molecular weight excluding hydrogens is 477 g/mol. The van der Waals surface area contributed by atoms with Gasteiger partial charge in [-0.1, -0.05) is 65.7 Å². The fourth-order valence-electron chi connectivity index (χ4n) is 2.99. The van der Waals surface area contributed by atoms with Gasteiger partial charge in [0.05, 0.1) is 22.9 Å². The minimum Gasteiger partial charge on any atom is -0.492 e. The molecule has 0 aliphatic carbocycles. The molecule has 3 N–H and O–H groups in total. The van der Waals surface area contributed by atoms with Crippen molar-refractivity contribution < 1.29 is 19.1 Å². The van der Waals surface area contributed by atoms with Crippen LogP contribution in [0.3, 0.4) is 0 Å². The van der Waals surface area contributed by atoms with Gasteiger partial charge < -0.3 is 10.1 Å². The molecule has 0 bridgehead atoms. The fourth-order valence-corrected chi connectivity index (χ4v) is 3.45. The highest BCUT2D eigenvalue weighted by Crippen LogP contribution is 2.25. The Hall–Kier alpha value is -3.55. The lowest BCUT2D eigenvalue weighted by Gasteiger charge is -2.12. The van der Waals surface area contributed by atoms with E-state index in [1.807, 2.05) is 30.3 Å². The summed E-state index contributed by atoms with van der Waals surface area (Å²) in [4.78, 5) is 36.7. The van der Waals surface area contributed by atoms with Crippen molar-refractivity contribution in [1.29, 1.82) is 0 Å². The average Bonchev–Trinajstić information content (AvgIpc) is 2.84. The molecule has 0 heterocycles. The van der Waals surface area contributed by atoms with Crippen LogP contribution in [0.15, 0.2) is 72.8 Å². The lowest BCUT2D eigenvalue weighted by Crippen LogP contribution is -2.42. The first kappa shape index (κ1) is 25.1. The van der Waals surface area contributed by atoms with E-state index >= 15 is 0 Å². The summed E-state index contributed by atoms with van der Waals surface area (Å²) in [6.07, 6.45) is 0.462. The number of amides is 3. The molecule has 0 aliphatic heterocycles. The molecule has 7 nitrogen and oxygen atoms in total. The smallest absolute Gasteiger partial charge is 0.273 e. The molecule has 0 aromatic heterocycles. The van der Waals surface area contributed by atoms with Crippen molar-refractivity contribution in [3.63, 3.8) is 0 Å². The van der Waals surface area contributed by atoms with E-state index in [1.165, 1.54) is 6.07 Å². The van der Waals surface area contributed by atoms with Crippen LogP contribution in [0.25, 0.3) is 0 Å². The molecule has 0 aliphatic rings. The molecule has 9 heteroatoms. The zero-order chi connectivity index (χ0) is 24.3. The molecule has 176 valence electrons. The summed E-state index contributed by atoms with van der Waals surface area (Å²) in [7, 11) is 0. The zero-order valence-corrected chi connectivity index (χ0v) is 19.7. The predicted octanol–water partition coefficient (Wildman–Crippen LogP) is 4.79. The largest absolute Gasteiger partial charge is 0.492 e. The van der Waals surface area contributed by atoms with E-state index < -0.39 is 17.7 Å². The number of carbonyl (C=O) groups excluding carboxylic acids is 3. The lowest BCUT2D eigenvalue weighted by atomic mass is 10.1. The van der Waals surface area contributed by atoms with Crippen molar-refractivity contribution in [3.8, 4) is 5.75 Å². The van der Waals surface area contributed by atoms with Gasteiger partial charge in [0.1, 0.15) is 5.75 Å². The van der Waals surface area contributed by atoms with E-state index in [9.17, 15) is 14.4 Å². The van der Waals surface area contributed by atoms with Crippen molar-refractivity contribution in [2.75, 3.05) is 11.9 Å². The van der Waals surface area contributed by atoms with E-state index in [0.29, 0.717) is 34.5 Å². The maximum Gasteiger partial charge on any atom is 0.273 e. The highest BCUT2D eigenvalue weighted by Gasteiger charge is 2.14. The standard InChI is InChI=1S/C25H23Cl2N3O4/c26-18-10-11-21(20(27)16-18)28-23(31)12-13-24(32)29-30-25(33)19-8-4-5-9-22(19)34-15-14-17-6-2-1-3-7-17/h1-11,16H,12-15H2,(H,28,31)(H,29,32)(H,30,33). The van der Waals surface area contributed by atoms with Crippen molar-refractivity contribution in [2.45, 2.75) is 19.3 Å². The number of rotatable bonds is 9. The van der Waals surface area contributed by atoms with E-state index in [4.69, 9.17) is 27.9 Å². The van der Waals surface area contributed by atoms with Crippen LogP contribution in [0, 0.1) is 0 Å². The quantitative estimate of drug-likeness (QED) is 0.368. The molecule has 3 rings (SSSR count). The van der Waals surface area contributed by atoms with Crippen molar-refractivity contribution in [2.24, 2.45) is 0 Å². The number of para-hydroxylation sites is 1. The second-order valence-electron chi connectivity index (χ2n) is 7.25. The summed E-state index contributed by atoms with van der Waals surface area (Å²) in [5, 5.41) is 3.35. The van der Waals surface area contributed by atoms with Gasteiger partial charge in [-0.05, 0) is 35.9 Å². The number of nitrogens with one attached hydrogen (secondary N) is 3. The molecule has 0 radical (unpaired) electrons. The molecule has 3 amide bonds. The van der Waals surface area contributed by atoms with Crippen LogP contribution in [0.5, 0.6) is 5.75 Å². The fraction of sp³-hybridized carbons (Fsp3) is 0.160. The lowest BCUT2D eigenvalue weighted by molar-refractivity contribution is -0.124. The third kappa shape index (κ3) is 7.79. The first-order valence-corrected chi connectivity index (χ1v) is 11.3. The van der Waals surface area contributed by atoms with Crippen LogP contribution in [0.2, 0.25) is 10.0 Å². The Morgan fingerprint density at radius 3 is 2.26 bits per heavy atom. The third-order valence-corrected chi connectivity index (χ3v) is 5.27. The van der Waals surface area contributed by atoms with Crippen LogP contribution in [0.4, 0.5) is 5.69 Å². The van der Waals surface area contributed by atoms with Gasteiger partial charge in [-0.2, -0.15) is 0 Å². The SMILES string of the molecule is O=C(CCC(=O)Nc1ccc(Cl)cc1Cl)NNC(=O)c1ccccc1OCCc1ccccc1. The number of carbonyl (C=O) groups is 3. The Labute approximate surface area is 207 Å². The second-order valence-corrected chi connectivity index (χ2v) is 8.10. The summed E-state index contributed by atoms with van der Waals surface area (Å²) in [6, 6.07) is 21.3. The molecule has 0 spiro atoms. The van der Waals surface area contributed by atoms with Gasteiger partial charge in [0.15, 0.2) is 0 Å². The zero-order valence-electron chi connectivity index (χ0n) is 18.1. The Kier molecular flexibility index (Phi) is 9.31. The topological polar surface area (TPSA) is 96.5 Å². The summed E-state index contributed by atoms with van der Waals surface area (Å²) >= 11 is 11.8. The van der Waals surface area contributed by atoms with Crippen LogP contribution in [0.1, 0.15) is 28.8 Å². The summed E-state index contributed by atoms with van der Waals surface area (Å²) in [6.45, 7) is 0.396. The number of ether oxygens (including phenoxy) is 1. The molecule has 0 saturated heterocycles.